The number of ether oxygens (including phenoxy) is 1. The smallest absolute Gasteiger partial charge is 0.197 e. The van der Waals surface area contributed by atoms with Crippen molar-refractivity contribution in [1.29, 1.82) is 0 Å². The summed E-state index contributed by atoms with van der Waals surface area (Å²) in [5, 5.41) is 1.25. The molecular formula is C16H13ClN2O2. The highest BCUT2D eigenvalue weighted by molar-refractivity contribution is 6.31. The minimum Gasteiger partial charge on any atom is -0.496 e. The predicted octanol–water partition coefficient (Wildman–Crippen LogP) is 3.64. The average Bonchev–Trinajstić information content (AvgIpc) is 2.90. The van der Waals surface area contributed by atoms with Crippen molar-refractivity contribution in [3.63, 3.8) is 0 Å². The van der Waals surface area contributed by atoms with Crippen LogP contribution in [0.1, 0.15) is 15.9 Å². The van der Waals surface area contributed by atoms with Gasteiger partial charge in [0, 0.05) is 28.0 Å². The summed E-state index contributed by atoms with van der Waals surface area (Å²) in [5.74, 6) is 0.476. The molecule has 4 nitrogen and oxygen atoms in total. The molecule has 0 spiro atoms. The van der Waals surface area contributed by atoms with Gasteiger partial charge in [0.05, 0.1) is 18.1 Å². The van der Waals surface area contributed by atoms with Crippen molar-refractivity contribution in [2.24, 2.45) is 0 Å². The number of hydrogen-bond donors (Lipinski definition) is 2. The lowest BCUT2D eigenvalue weighted by Crippen LogP contribution is -2.05. The molecule has 0 saturated carbocycles. The summed E-state index contributed by atoms with van der Waals surface area (Å²) in [6, 6.07) is 10.4. The Hall–Kier alpha value is -2.46. The molecule has 0 fully saturated rings. The molecule has 0 saturated heterocycles. The number of rotatable bonds is 3. The Balaban J connectivity index is 2.18. The molecular weight excluding hydrogens is 288 g/mol. The van der Waals surface area contributed by atoms with Crippen LogP contribution >= 0.6 is 11.6 Å². The first-order valence-corrected chi connectivity index (χ1v) is 6.73. The van der Waals surface area contributed by atoms with E-state index in [1.54, 1.807) is 31.5 Å². The number of H-pyrrole nitrogens is 1. The van der Waals surface area contributed by atoms with Gasteiger partial charge in [0.25, 0.3) is 0 Å². The Morgan fingerprint density at radius 3 is 2.76 bits per heavy atom. The van der Waals surface area contributed by atoms with Gasteiger partial charge in [-0.2, -0.15) is 0 Å². The molecule has 1 aromatic heterocycles. The highest BCUT2D eigenvalue weighted by Crippen LogP contribution is 2.31. The van der Waals surface area contributed by atoms with Crippen molar-refractivity contribution >= 4 is 34.0 Å². The molecule has 3 aromatic rings. The standard InChI is InChI=1S/C16H13ClN2O2/c1-21-14-4-2-3-13-15(14)11(8-19-13)16(20)10-6-5-9(17)7-12(10)18/h2-8,19H,18H2,1H3. The first-order valence-electron chi connectivity index (χ1n) is 6.35. The zero-order valence-electron chi connectivity index (χ0n) is 11.3. The molecule has 0 radical (unpaired) electrons. The molecule has 3 rings (SSSR count). The summed E-state index contributed by atoms with van der Waals surface area (Å²) in [6.45, 7) is 0. The number of carbonyl (C=O) groups is 1. The third-order valence-electron chi connectivity index (χ3n) is 3.39. The fourth-order valence-electron chi connectivity index (χ4n) is 2.39. The van der Waals surface area contributed by atoms with Gasteiger partial charge >= 0.3 is 0 Å². The fourth-order valence-corrected chi connectivity index (χ4v) is 2.57. The van der Waals surface area contributed by atoms with Gasteiger partial charge in [0.15, 0.2) is 5.78 Å². The van der Waals surface area contributed by atoms with E-state index >= 15 is 0 Å². The van der Waals surface area contributed by atoms with E-state index in [4.69, 9.17) is 22.1 Å². The Morgan fingerprint density at radius 1 is 1.24 bits per heavy atom. The molecule has 0 unspecified atom stereocenters. The van der Waals surface area contributed by atoms with Crippen LogP contribution in [0.2, 0.25) is 5.02 Å². The second kappa shape index (κ2) is 5.14. The van der Waals surface area contributed by atoms with E-state index in [0.717, 1.165) is 10.9 Å². The number of nitrogens with one attached hydrogen (secondary N) is 1. The lowest BCUT2D eigenvalue weighted by Gasteiger charge is -2.06. The minimum atomic E-state index is -0.167. The van der Waals surface area contributed by atoms with Gasteiger partial charge in [-0.1, -0.05) is 17.7 Å². The summed E-state index contributed by atoms with van der Waals surface area (Å²) < 4.78 is 5.34. The molecule has 1 heterocycles. The maximum absolute atomic E-state index is 12.7. The van der Waals surface area contributed by atoms with Gasteiger partial charge in [0.1, 0.15) is 5.75 Å². The number of ketones is 1. The number of fused-ring (bicyclic) bond motifs is 1. The summed E-state index contributed by atoms with van der Waals surface area (Å²) >= 11 is 5.87. The Labute approximate surface area is 126 Å². The lowest BCUT2D eigenvalue weighted by molar-refractivity contribution is 0.104. The number of hydrogen-bond acceptors (Lipinski definition) is 3. The van der Waals surface area contributed by atoms with Crippen LogP contribution in [0.5, 0.6) is 5.75 Å². The number of benzene rings is 2. The van der Waals surface area contributed by atoms with Crippen molar-refractivity contribution in [2.45, 2.75) is 0 Å². The van der Waals surface area contributed by atoms with Crippen LogP contribution in [-0.4, -0.2) is 17.9 Å². The second-order valence-corrected chi connectivity index (χ2v) is 5.08. The van der Waals surface area contributed by atoms with Crippen LogP contribution in [0, 0.1) is 0 Å². The van der Waals surface area contributed by atoms with Gasteiger partial charge in [-0.25, -0.2) is 0 Å². The molecule has 0 atom stereocenters. The Morgan fingerprint density at radius 2 is 2.05 bits per heavy atom. The zero-order valence-corrected chi connectivity index (χ0v) is 12.1. The van der Waals surface area contributed by atoms with Crippen molar-refractivity contribution < 1.29 is 9.53 Å². The summed E-state index contributed by atoms with van der Waals surface area (Å²) in [7, 11) is 1.58. The van der Waals surface area contributed by atoms with Crippen LogP contribution in [0.4, 0.5) is 5.69 Å². The number of halogens is 1. The number of anilines is 1. The summed E-state index contributed by atoms with van der Waals surface area (Å²) in [6.07, 6.45) is 1.67. The average molecular weight is 301 g/mol. The third-order valence-corrected chi connectivity index (χ3v) is 3.63. The highest BCUT2D eigenvalue weighted by Gasteiger charge is 2.19. The normalized spacial score (nSPS) is 10.8. The van der Waals surface area contributed by atoms with Gasteiger partial charge in [-0.3, -0.25) is 4.79 Å². The third kappa shape index (κ3) is 2.23. The molecule has 5 heteroatoms. The molecule has 0 aliphatic heterocycles. The molecule has 106 valence electrons. The lowest BCUT2D eigenvalue weighted by atomic mass is 10.0. The molecule has 0 aliphatic rings. The van der Waals surface area contributed by atoms with Gasteiger partial charge < -0.3 is 15.5 Å². The van der Waals surface area contributed by atoms with Crippen LogP contribution in [0.25, 0.3) is 10.9 Å². The zero-order chi connectivity index (χ0) is 15.0. The van der Waals surface area contributed by atoms with E-state index in [1.165, 1.54) is 0 Å². The van der Waals surface area contributed by atoms with Crippen LogP contribution in [0.15, 0.2) is 42.6 Å². The minimum absolute atomic E-state index is 0.167. The molecule has 0 aliphatic carbocycles. The fraction of sp³-hybridized carbons (Fsp3) is 0.0625. The quantitative estimate of drug-likeness (QED) is 0.573. The molecule has 2 aromatic carbocycles. The number of aromatic nitrogens is 1. The van der Waals surface area contributed by atoms with E-state index < -0.39 is 0 Å². The first kappa shape index (κ1) is 13.5. The van der Waals surface area contributed by atoms with Crippen LogP contribution < -0.4 is 10.5 Å². The van der Waals surface area contributed by atoms with Crippen molar-refractivity contribution in [1.82, 2.24) is 4.98 Å². The van der Waals surface area contributed by atoms with Crippen LogP contribution in [0.3, 0.4) is 0 Å². The summed E-state index contributed by atoms with van der Waals surface area (Å²) in [4.78, 5) is 15.8. The predicted molar refractivity (Wildman–Crippen MR) is 84.1 cm³/mol. The molecule has 0 bridgehead atoms. The second-order valence-electron chi connectivity index (χ2n) is 4.65. The Bertz CT molecular complexity index is 839. The van der Waals surface area contributed by atoms with E-state index in [1.807, 2.05) is 18.2 Å². The maximum Gasteiger partial charge on any atom is 0.197 e. The number of carbonyl (C=O) groups excluding carboxylic acids is 1. The van der Waals surface area contributed by atoms with Gasteiger partial charge in [-0.15, -0.1) is 0 Å². The van der Waals surface area contributed by atoms with E-state index in [0.29, 0.717) is 27.6 Å². The SMILES string of the molecule is COc1cccc2[nH]cc(C(=O)c3ccc(Cl)cc3N)c12. The number of nitrogen functional groups attached to an aromatic ring is 1. The topological polar surface area (TPSA) is 68.1 Å². The van der Waals surface area contributed by atoms with Crippen molar-refractivity contribution in [2.75, 3.05) is 12.8 Å². The van der Waals surface area contributed by atoms with Gasteiger partial charge in [-0.05, 0) is 30.3 Å². The van der Waals surface area contributed by atoms with Crippen LogP contribution in [-0.2, 0) is 0 Å². The number of nitrogens with two attached hydrogens (primary N) is 1. The largest absolute Gasteiger partial charge is 0.496 e. The van der Waals surface area contributed by atoms with E-state index in [-0.39, 0.29) is 5.78 Å². The molecule has 3 N–H and O–H groups in total. The first-order chi connectivity index (χ1) is 10.1. The number of methoxy groups -OCH3 is 1. The van der Waals surface area contributed by atoms with E-state index in [9.17, 15) is 4.79 Å². The van der Waals surface area contributed by atoms with Gasteiger partial charge in [0.2, 0.25) is 0 Å². The highest BCUT2D eigenvalue weighted by atomic mass is 35.5. The van der Waals surface area contributed by atoms with E-state index in [2.05, 4.69) is 4.98 Å². The Kier molecular flexibility index (Phi) is 3.31. The monoisotopic (exact) mass is 300 g/mol. The maximum atomic E-state index is 12.7. The number of aromatic amines is 1. The summed E-state index contributed by atoms with van der Waals surface area (Å²) in [5.41, 5.74) is 8.04. The van der Waals surface area contributed by atoms with Crippen molar-refractivity contribution in [3.05, 3.63) is 58.7 Å². The molecule has 21 heavy (non-hydrogen) atoms. The molecule has 0 amide bonds. The van der Waals surface area contributed by atoms with Crippen molar-refractivity contribution in [3.8, 4) is 5.75 Å².